The molecule has 64 heavy (non-hydrogen) atoms. The van der Waals surface area contributed by atoms with Gasteiger partial charge in [-0.15, -0.1) is 0 Å². The number of hydrogen-bond acceptors (Lipinski definition) is 4. The molecule has 0 radical (unpaired) electrons. The Labute approximate surface area is 386 Å². The van der Waals surface area contributed by atoms with E-state index in [4.69, 9.17) is 0 Å². The predicted molar refractivity (Wildman–Crippen MR) is 268 cm³/mol. The molecule has 0 saturated heterocycles. The second-order valence-corrected chi connectivity index (χ2v) is 21.4. The first-order valence-corrected chi connectivity index (χ1v) is 26.5. The van der Waals surface area contributed by atoms with Crippen molar-refractivity contribution in [1.82, 2.24) is 0 Å². The van der Waals surface area contributed by atoms with Crippen molar-refractivity contribution in [2.24, 2.45) is 35.5 Å². The molecule has 0 bridgehead atoms. The molecule has 0 aromatic heterocycles. The number of benzene rings is 4. The molecular weight excluding hydrogens is 781 g/mol. The first-order valence-electron chi connectivity index (χ1n) is 26.5. The van der Waals surface area contributed by atoms with Crippen LogP contribution in [-0.4, -0.2) is 11.6 Å². The zero-order valence-electron chi connectivity index (χ0n) is 39.5. The lowest BCUT2D eigenvalue weighted by Crippen LogP contribution is -2.25. The summed E-state index contributed by atoms with van der Waals surface area (Å²) in [5.41, 5.74) is 7.94. The van der Waals surface area contributed by atoms with Crippen LogP contribution in [0.15, 0.2) is 84.9 Å². The quantitative estimate of drug-likeness (QED) is 0.0971. The van der Waals surface area contributed by atoms with Gasteiger partial charge in [0, 0.05) is 22.5 Å². The molecule has 0 heterocycles. The zero-order valence-corrected chi connectivity index (χ0v) is 39.5. The van der Waals surface area contributed by atoms with Crippen LogP contribution in [0, 0.1) is 35.5 Å². The van der Waals surface area contributed by atoms with Gasteiger partial charge in [0.2, 0.25) is 0 Å². The Kier molecular flexibility index (Phi) is 15.1. The van der Waals surface area contributed by atoms with Gasteiger partial charge in [-0.1, -0.05) is 139 Å². The lowest BCUT2D eigenvalue weighted by atomic mass is 9.68. The number of nitrogens with one attached hydrogen (secondary N) is 2. The summed E-state index contributed by atoms with van der Waals surface area (Å²) in [7, 11) is 0. The largest absolute Gasteiger partial charge is 0.355 e. The average molecular weight is 859 g/mol. The number of carbonyl (C=O) groups excluding carboxylic acids is 2. The van der Waals surface area contributed by atoms with Gasteiger partial charge in [-0.3, -0.25) is 9.59 Å². The average Bonchev–Trinajstić information content (AvgIpc) is 3.34. The number of carbonyl (C=O) groups is 2. The SMILES string of the molecule is CCCCCC1CCC(C2CCC(c3ccc(Nc4cccc5c4C(=O)c4cccc(Nc6ccc(C7CCC(C8CCC(CCCCC)CC8)CC7)cc6)c4C5=O)cc3)CC2)CC1. The number of unbranched alkanes of at least 4 members (excludes halogenated alkanes) is 4. The second-order valence-electron chi connectivity index (χ2n) is 21.4. The zero-order chi connectivity index (χ0) is 43.8. The maximum Gasteiger partial charge on any atom is 0.196 e. The number of anilines is 4. The van der Waals surface area contributed by atoms with E-state index in [1.807, 2.05) is 36.4 Å². The fraction of sp³-hybridized carbons (Fsp3) is 0.567. The van der Waals surface area contributed by atoms with Gasteiger partial charge in [-0.25, -0.2) is 0 Å². The minimum atomic E-state index is -0.110. The van der Waals surface area contributed by atoms with E-state index in [2.05, 4.69) is 73.0 Å². The van der Waals surface area contributed by atoms with Crippen molar-refractivity contribution in [2.45, 2.75) is 180 Å². The van der Waals surface area contributed by atoms with E-state index in [-0.39, 0.29) is 11.6 Å². The Morgan fingerprint density at radius 3 is 1.09 bits per heavy atom. The highest BCUT2D eigenvalue weighted by molar-refractivity contribution is 6.32. The maximum atomic E-state index is 14.3. The third kappa shape index (κ3) is 10.4. The van der Waals surface area contributed by atoms with Gasteiger partial charge in [0.05, 0.1) is 22.5 Å². The summed E-state index contributed by atoms with van der Waals surface area (Å²) in [4.78, 5) is 28.7. The Balaban J connectivity index is 0.780. The van der Waals surface area contributed by atoms with Gasteiger partial charge in [0.1, 0.15) is 0 Å². The minimum absolute atomic E-state index is 0.110. The molecule has 4 aromatic rings. The highest BCUT2D eigenvalue weighted by Crippen LogP contribution is 2.47. The molecule has 4 heteroatoms. The molecule has 4 aromatic carbocycles. The molecule has 0 spiro atoms. The molecule has 4 fully saturated rings. The molecule has 340 valence electrons. The Morgan fingerprint density at radius 1 is 0.406 bits per heavy atom. The monoisotopic (exact) mass is 859 g/mol. The van der Waals surface area contributed by atoms with E-state index in [1.165, 1.54) is 165 Å². The molecule has 5 aliphatic rings. The van der Waals surface area contributed by atoms with Crippen LogP contribution in [0.25, 0.3) is 0 Å². The molecule has 0 atom stereocenters. The van der Waals surface area contributed by atoms with Gasteiger partial charge in [-0.05, 0) is 172 Å². The summed E-state index contributed by atoms with van der Waals surface area (Å²) in [6, 6.07) is 29.0. The summed E-state index contributed by atoms with van der Waals surface area (Å²) in [5.74, 6) is 6.75. The van der Waals surface area contributed by atoms with Crippen molar-refractivity contribution >= 4 is 34.3 Å². The van der Waals surface area contributed by atoms with Crippen LogP contribution < -0.4 is 10.6 Å². The summed E-state index contributed by atoms with van der Waals surface area (Å²) in [6.07, 6.45) is 33.6. The van der Waals surface area contributed by atoms with Crippen molar-refractivity contribution in [1.29, 1.82) is 0 Å². The molecule has 4 saturated carbocycles. The molecular formula is C60H78N2O2. The van der Waals surface area contributed by atoms with Crippen molar-refractivity contribution in [3.63, 3.8) is 0 Å². The first-order chi connectivity index (χ1) is 31.4. The summed E-state index contributed by atoms with van der Waals surface area (Å²) in [5, 5.41) is 7.08. The van der Waals surface area contributed by atoms with Gasteiger partial charge in [0.15, 0.2) is 11.6 Å². The molecule has 9 rings (SSSR count). The molecule has 0 aliphatic heterocycles. The lowest BCUT2D eigenvalue weighted by Gasteiger charge is -2.38. The Bertz CT molecular complexity index is 1980. The predicted octanol–water partition coefficient (Wildman–Crippen LogP) is 17.3. The van der Waals surface area contributed by atoms with Crippen molar-refractivity contribution in [3.8, 4) is 0 Å². The third-order valence-corrected chi connectivity index (χ3v) is 17.5. The van der Waals surface area contributed by atoms with Crippen LogP contribution in [-0.2, 0) is 0 Å². The van der Waals surface area contributed by atoms with E-state index in [1.54, 1.807) is 0 Å². The maximum absolute atomic E-state index is 14.3. The summed E-state index contributed by atoms with van der Waals surface area (Å²) in [6.45, 7) is 4.63. The second kappa shape index (κ2) is 21.4. The van der Waals surface area contributed by atoms with Gasteiger partial charge >= 0.3 is 0 Å². The lowest BCUT2D eigenvalue weighted by molar-refractivity contribution is 0.0980. The number of fused-ring (bicyclic) bond motifs is 2. The van der Waals surface area contributed by atoms with Gasteiger partial charge in [-0.2, -0.15) is 0 Å². The standard InChI is InChI=1S/C60H78N2O2/c1-3-5-7-11-41-17-21-43(22-18-41)45-25-29-47(30-26-45)49-33-37-51(38-34-49)61-55-15-9-13-53-57(55)59(63)54-14-10-16-56(58(54)60(53)64)62-52-39-35-50(36-40-52)48-31-27-46(28-32-48)44-23-19-42(20-24-44)12-8-6-4-2/h9-10,13-16,33-48,61-62H,3-8,11-12,17-32H2,1-2H3. The van der Waals surface area contributed by atoms with E-state index < -0.39 is 0 Å². The molecule has 2 N–H and O–H groups in total. The number of ketones is 2. The normalized spacial score (nSPS) is 27.1. The van der Waals surface area contributed by atoms with Crippen molar-refractivity contribution in [3.05, 3.63) is 118 Å². The summed E-state index contributed by atoms with van der Waals surface area (Å²) < 4.78 is 0. The number of rotatable bonds is 16. The highest BCUT2D eigenvalue weighted by atomic mass is 16.1. The topological polar surface area (TPSA) is 58.2 Å². The van der Waals surface area contributed by atoms with E-state index >= 15 is 0 Å². The van der Waals surface area contributed by atoms with Crippen molar-refractivity contribution in [2.75, 3.05) is 10.6 Å². The fourth-order valence-corrected chi connectivity index (χ4v) is 13.5. The molecule has 0 unspecified atom stereocenters. The Hall–Kier alpha value is -4.18. The van der Waals surface area contributed by atoms with Gasteiger partial charge in [0.25, 0.3) is 0 Å². The van der Waals surface area contributed by atoms with Crippen LogP contribution in [0.5, 0.6) is 0 Å². The highest BCUT2D eigenvalue weighted by Gasteiger charge is 2.35. The van der Waals surface area contributed by atoms with E-state index in [0.717, 1.165) is 46.9 Å². The van der Waals surface area contributed by atoms with E-state index in [0.29, 0.717) is 45.5 Å². The fourth-order valence-electron chi connectivity index (χ4n) is 13.5. The van der Waals surface area contributed by atoms with Crippen LogP contribution in [0.3, 0.4) is 0 Å². The summed E-state index contributed by atoms with van der Waals surface area (Å²) >= 11 is 0. The first kappa shape index (κ1) is 45.0. The van der Waals surface area contributed by atoms with E-state index in [9.17, 15) is 9.59 Å². The van der Waals surface area contributed by atoms with Crippen LogP contribution in [0.2, 0.25) is 0 Å². The number of hydrogen-bond donors (Lipinski definition) is 2. The van der Waals surface area contributed by atoms with Gasteiger partial charge < -0.3 is 10.6 Å². The minimum Gasteiger partial charge on any atom is -0.355 e. The molecule has 0 amide bonds. The van der Waals surface area contributed by atoms with Crippen LogP contribution >= 0.6 is 0 Å². The van der Waals surface area contributed by atoms with Crippen molar-refractivity contribution < 1.29 is 9.59 Å². The van der Waals surface area contributed by atoms with Crippen LogP contribution in [0.4, 0.5) is 22.7 Å². The Morgan fingerprint density at radius 2 is 0.750 bits per heavy atom. The van der Waals surface area contributed by atoms with Crippen LogP contribution in [0.1, 0.15) is 223 Å². The smallest absolute Gasteiger partial charge is 0.196 e. The third-order valence-electron chi connectivity index (χ3n) is 17.5. The molecule has 5 aliphatic carbocycles. The molecule has 4 nitrogen and oxygen atoms in total.